The second kappa shape index (κ2) is 7.38. The molecule has 152 valence electrons. The minimum Gasteiger partial charge on any atom is -0.467 e. The van der Waals surface area contributed by atoms with Crippen LogP contribution in [0.4, 0.5) is 13.2 Å². The summed E-state index contributed by atoms with van der Waals surface area (Å²) in [6, 6.07) is 7.61. The van der Waals surface area contributed by atoms with Gasteiger partial charge in [-0.2, -0.15) is 13.2 Å². The van der Waals surface area contributed by atoms with Gasteiger partial charge in [0.2, 0.25) is 11.8 Å². The zero-order valence-corrected chi connectivity index (χ0v) is 15.5. The van der Waals surface area contributed by atoms with Gasteiger partial charge < -0.3 is 15.0 Å². The van der Waals surface area contributed by atoms with Crippen LogP contribution in [-0.4, -0.2) is 33.6 Å². The molecule has 4 rings (SSSR count). The van der Waals surface area contributed by atoms with Crippen molar-refractivity contribution in [2.24, 2.45) is 5.92 Å². The number of nitrogens with one attached hydrogen (secondary N) is 2. The average molecular weight is 404 g/mol. The second-order valence-electron chi connectivity index (χ2n) is 7.15. The Morgan fingerprint density at radius 2 is 2.14 bits per heavy atom. The number of hydrogen-bond donors (Lipinski definition) is 2. The Hall–Kier alpha value is -3.10. The number of aromatic nitrogens is 3. The number of rotatable bonds is 6. The Labute approximate surface area is 164 Å². The molecule has 29 heavy (non-hydrogen) atoms. The molecule has 0 radical (unpaired) electrons. The topological polar surface area (TPSA) is 79.9 Å². The van der Waals surface area contributed by atoms with E-state index in [1.165, 1.54) is 6.20 Å². The molecule has 0 unspecified atom stereocenters. The number of nitrogens with zero attached hydrogens (tertiary/aromatic N) is 2. The van der Waals surface area contributed by atoms with Gasteiger partial charge in [-0.25, -0.2) is 4.98 Å². The third-order valence-corrected chi connectivity index (χ3v) is 4.99. The fourth-order valence-corrected chi connectivity index (χ4v) is 3.44. The van der Waals surface area contributed by atoms with Gasteiger partial charge in [-0.1, -0.05) is 12.1 Å². The number of ether oxygens (including phenoxy) is 1. The van der Waals surface area contributed by atoms with E-state index in [0.29, 0.717) is 5.69 Å². The molecule has 0 spiro atoms. The van der Waals surface area contributed by atoms with Gasteiger partial charge in [-0.15, -0.1) is 0 Å². The average Bonchev–Trinajstić information content (AvgIpc) is 3.34. The second-order valence-corrected chi connectivity index (χ2v) is 7.15. The number of H-pyrrole nitrogens is 1. The van der Waals surface area contributed by atoms with Gasteiger partial charge in [0.25, 0.3) is 0 Å². The molecule has 0 saturated heterocycles. The smallest absolute Gasteiger partial charge is 0.422 e. The van der Waals surface area contributed by atoms with Gasteiger partial charge >= 0.3 is 6.18 Å². The van der Waals surface area contributed by atoms with Crippen LogP contribution in [0.15, 0.2) is 42.9 Å². The Morgan fingerprint density at radius 3 is 2.86 bits per heavy atom. The molecule has 2 N–H and O–H groups in total. The molecule has 1 fully saturated rings. The summed E-state index contributed by atoms with van der Waals surface area (Å²) in [5.74, 6) is -0.230. The normalized spacial score (nSPS) is 19.7. The molecule has 1 aliphatic rings. The van der Waals surface area contributed by atoms with Gasteiger partial charge in [0, 0.05) is 23.0 Å². The number of hydrogen-bond acceptors (Lipinski definition) is 4. The van der Waals surface area contributed by atoms with Crippen LogP contribution in [0.5, 0.6) is 5.88 Å². The molecular weight excluding hydrogens is 385 g/mol. The van der Waals surface area contributed by atoms with Crippen LogP contribution >= 0.6 is 0 Å². The molecular formula is C20H19F3N4O2. The Morgan fingerprint density at radius 1 is 1.31 bits per heavy atom. The summed E-state index contributed by atoms with van der Waals surface area (Å²) in [4.78, 5) is 23.7. The van der Waals surface area contributed by atoms with Crippen molar-refractivity contribution in [2.75, 3.05) is 6.61 Å². The SMILES string of the molecule is C[C@@H](NC(=O)[C@@H]1C[C@H]1c1cccc2[nH]ccc12)c1cnc(OCC(F)(F)F)cn1. The maximum absolute atomic E-state index is 12.6. The fraction of sp³-hybridized carbons (Fsp3) is 0.350. The molecule has 6 nitrogen and oxygen atoms in total. The third kappa shape index (κ3) is 4.33. The lowest BCUT2D eigenvalue weighted by Gasteiger charge is -2.14. The van der Waals surface area contributed by atoms with Crippen LogP contribution in [0, 0.1) is 5.92 Å². The number of fused-ring (bicyclic) bond motifs is 1. The number of halogens is 3. The van der Waals surface area contributed by atoms with Crippen LogP contribution in [0.25, 0.3) is 10.9 Å². The maximum Gasteiger partial charge on any atom is 0.422 e. The minimum absolute atomic E-state index is 0.0748. The zero-order chi connectivity index (χ0) is 20.6. The van der Waals surface area contributed by atoms with Crippen molar-refractivity contribution in [3.05, 3.63) is 54.1 Å². The van der Waals surface area contributed by atoms with E-state index in [9.17, 15) is 18.0 Å². The van der Waals surface area contributed by atoms with Crippen molar-refractivity contribution in [1.82, 2.24) is 20.3 Å². The predicted octanol–water partition coefficient (Wildman–Crippen LogP) is 3.88. The van der Waals surface area contributed by atoms with E-state index in [2.05, 4.69) is 25.0 Å². The third-order valence-electron chi connectivity index (χ3n) is 4.99. The molecule has 2 aromatic heterocycles. The highest BCUT2D eigenvalue weighted by Gasteiger charge is 2.45. The van der Waals surface area contributed by atoms with Gasteiger partial charge in [-0.05, 0) is 37.0 Å². The number of amides is 1. The molecule has 1 saturated carbocycles. The number of benzene rings is 1. The van der Waals surface area contributed by atoms with Crippen LogP contribution in [0.3, 0.4) is 0 Å². The summed E-state index contributed by atoms with van der Waals surface area (Å²) < 4.78 is 41.1. The summed E-state index contributed by atoms with van der Waals surface area (Å²) in [5.41, 5.74) is 2.65. The highest BCUT2D eigenvalue weighted by atomic mass is 19.4. The number of carbonyl (C=O) groups is 1. The van der Waals surface area contributed by atoms with Crippen LogP contribution in [-0.2, 0) is 4.79 Å². The molecule has 3 aromatic rings. The lowest BCUT2D eigenvalue weighted by Crippen LogP contribution is -2.29. The van der Waals surface area contributed by atoms with E-state index in [0.717, 1.165) is 29.1 Å². The molecule has 3 atom stereocenters. The van der Waals surface area contributed by atoms with E-state index in [4.69, 9.17) is 0 Å². The van der Waals surface area contributed by atoms with Crippen molar-refractivity contribution < 1.29 is 22.7 Å². The van der Waals surface area contributed by atoms with Crippen molar-refractivity contribution in [1.29, 1.82) is 0 Å². The monoisotopic (exact) mass is 404 g/mol. The van der Waals surface area contributed by atoms with E-state index >= 15 is 0 Å². The van der Waals surface area contributed by atoms with Gasteiger partial charge in [0.15, 0.2) is 6.61 Å². The first-order chi connectivity index (χ1) is 13.8. The summed E-state index contributed by atoms with van der Waals surface area (Å²) in [5, 5.41) is 4.03. The van der Waals surface area contributed by atoms with E-state index < -0.39 is 18.8 Å². The highest BCUT2D eigenvalue weighted by Crippen LogP contribution is 2.49. The molecule has 1 aliphatic carbocycles. The highest BCUT2D eigenvalue weighted by molar-refractivity contribution is 5.88. The largest absolute Gasteiger partial charge is 0.467 e. The first-order valence-electron chi connectivity index (χ1n) is 9.19. The van der Waals surface area contributed by atoms with Crippen LogP contribution < -0.4 is 10.1 Å². The summed E-state index contributed by atoms with van der Waals surface area (Å²) >= 11 is 0. The molecule has 1 amide bonds. The van der Waals surface area contributed by atoms with Crippen molar-refractivity contribution >= 4 is 16.8 Å². The Kier molecular flexibility index (Phi) is 4.89. The van der Waals surface area contributed by atoms with E-state index in [-0.39, 0.29) is 23.6 Å². The zero-order valence-electron chi connectivity index (χ0n) is 15.5. The minimum atomic E-state index is -4.44. The summed E-state index contributed by atoms with van der Waals surface area (Å²) in [7, 11) is 0. The van der Waals surface area contributed by atoms with Gasteiger partial charge in [0.05, 0.1) is 24.1 Å². The fourth-order valence-electron chi connectivity index (χ4n) is 3.44. The Balaban J connectivity index is 1.35. The lowest BCUT2D eigenvalue weighted by atomic mass is 10.0. The van der Waals surface area contributed by atoms with E-state index in [1.807, 2.05) is 30.5 Å². The van der Waals surface area contributed by atoms with Crippen LogP contribution in [0.1, 0.15) is 36.6 Å². The lowest BCUT2D eigenvalue weighted by molar-refractivity contribution is -0.154. The Bertz CT molecular complexity index is 1020. The van der Waals surface area contributed by atoms with E-state index in [1.54, 1.807) is 6.92 Å². The first kappa shape index (κ1) is 19.2. The van der Waals surface area contributed by atoms with Crippen molar-refractivity contribution in [3.63, 3.8) is 0 Å². The summed E-state index contributed by atoms with van der Waals surface area (Å²) in [6.07, 6.45) is 0.651. The van der Waals surface area contributed by atoms with Crippen molar-refractivity contribution in [2.45, 2.75) is 31.5 Å². The van der Waals surface area contributed by atoms with Gasteiger partial charge in [-0.3, -0.25) is 9.78 Å². The molecule has 9 heteroatoms. The quantitative estimate of drug-likeness (QED) is 0.654. The number of aromatic amines is 1. The first-order valence-corrected chi connectivity index (χ1v) is 9.19. The van der Waals surface area contributed by atoms with Gasteiger partial charge in [0.1, 0.15) is 0 Å². The molecule has 0 bridgehead atoms. The standard InChI is InChI=1S/C20H19F3N4O2/c1-11(17-8-26-18(9-25-17)29-10-20(21,22)23)27-19(28)15-7-14(15)12-3-2-4-16-13(12)5-6-24-16/h2-6,8-9,11,14-15,24H,7,10H2,1H3,(H,27,28)/t11-,14+,15-/m1/s1. The van der Waals surface area contributed by atoms with Crippen LogP contribution in [0.2, 0.25) is 0 Å². The number of carbonyl (C=O) groups excluding carboxylic acids is 1. The molecule has 0 aliphatic heterocycles. The van der Waals surface area contributed by atoms with Crippen molar-refractivity contribution in [3.8, 4) is 5.88 Å². The molecule has 1 aromatic carbocycles. The predicted molar refractivity (Wildman–Crippen MR) is 99.3 cm³/mol. The molecule has 2 heterocycles. The summed E-state index contributed by atoms with van der Waals surface area (Å²) in [6.45, 7) is 0.326. The maximum atomic E-state index is 12.6. The number of alkyl halides is 3.